The van der Waals surface area contributed by atoms with Crippen LogP contribution < -0.4 is 25.4 Å². The Kier molecular flexibility index (Phi) is 13.6. The van der Waals surface area contributed by atoms with Crippen LogP contribution in [0.5, 0.6) is 11.5 Å². The summed E-state index contributed by atoms with van der Waals surface area (Å²) in [4.78, 5) is 40.4. The summed E-state index contributed by atoms with van der Waals surface area (Å²) in [5.41, 5.74) is 1.27. The number of nitrogens with one attached hydrogen (secondary N) is 4. The molecule has 1 aliphatic heterocycles. The summed E-state index contributed by atoms with van der Waals surface area (Å²) in [6.45, 7) is 16.3. The molecule has 0 radical (unpaired) electrons. The fourth-order valence-corrected chi connectivity index (χ4v) is 5.28. The van der Waals surface area contributed by atoms with Gasteiger partial charge >= 0.3 is 12.1 Å². The van der Waals surface area contributed by atoms with Crippen LogP contribution in [0.4, 0.5) is 16.2 Å². The summed E-state index contributed by atoms with van der Waals surface area (Å²) in [5.74, 6) is -0.0879. The highest BCUT2D eigenvalue weighted by atomic mass is 16.6. The number of ether oxygens (including phenoxy) is 5. The minimum atomic E-state index is -0.724. The first-order valence-electron chi connectivity index (χ1n) is 17.3. The topological polar surface area (TPSA) is 161 Å². The first-order valence-corrected chi connectivity index (χ1v) is 17.3. The lowest BCUT2D eigenvalue weighted by Crippen LogP contribution is -2.41. The summed E-state index contributed by atoms with van der Waals surface area (Å²) in [6, 6.07) is 19.2. The van der Waals surface area contributed by atoms with Crippen LogP contribution in [-0.4, -0.2) is 85.5 Å². The highest BCUT2D eigenvalue weighted by Gasteiger charge is 2.22. The molecule has 0 bridgehead atoms. The quantitative estimate of drug-likeness (QED) is 0.0908. The average molecular weight is 718 g/mol. The fourth-order valence-electron chi connectivity index (χ4n) is 5.28. The van der Waals surface area contributed by atoms with Crippen molar-refractivity contribution in [1.29, 1.82) is 5.41 Å². The van der Waals surface area contributed by atoms with Crippen LogP contribution in [0, 0.1) is 5.41 Å². The highest BCUT2D eigenvalue weighted by Crippen LogP contribution is 2.33. The minimum Gasteiger partial charge on any atom is -0.485 e. The number of hydrogen-bond acceptors (Lipinski definition) is 11. The monoisotopic (exact) mass is 717 g/mol. The van der Waals surface area contributed by atoms with E-state index in [0.717, 1.165) is 13.1 Å². The van der Waals surface area contributed by atoms with E-state index in [1.54, 1.807) is 84.0 Å². The number of benzene rings is 3. The number of anilines is 2. The molecule has 1 heterocycles. The molecule has 13 nitrogen and oxygen atoms in total. The highest BCUT2D eigenvalue weighted by molar-refractivity contribution is 6.08. The molecule has 1 unspecified atom stereocenters. The Balaban J connectivity index is 1.46. The van der Waals surface area contributed by atoms with Crippen molar-refractivity contribution < 1.29 is 38.1 Å². The number of esters is 1. The molecule has 13 heteroatoms. The molecule has 0 spiro atoms. The van der Waals surface area contributed by atoms with Gasteiger partial charge in [-0.25, -0.2) is 9.59 Å². The number of amidine groups is 1. The Bertz CT molecular complexity index is 1690. The number of morpholine rings is 1. The van der Waals surface area contributed by atoms with Gasteiger partial charge in [-0.2, -0.15) is 0 Å². The number of para-hydroxylation sites is 2. The van der Waals surface area contributed by atoms with Gasteiger partial charge < -0.3 is 34.3 Å². The van der Waals surface area contributed by atoms with Crippen molar-refractivity contribution in [2.45, 2.75) is 72.3 Å². The standard InChI is InChI=1S/C39H51N5O8/c1-26(24-44-19-21-48-22-20-44)50-32-14-10-11-28(34(32)49-25-33(45)51-38(2,3)4)23-41-31-13-9-8-12-30(31)36(46)42-29-17-15-27(16-18-29)35(40)43-37(47)52-39(5,6)7/h8-18,26,41H,19-25H2,1-7H3,(H,42,46)(H2,40,43,47). The molecule has 52 heavy (non-hydrogen) atoms. The van der Waals surface area contributed by atoms with Gasteiger partial charge in [-0.3, -0.25) is 20.4 Å². The molecule has 0 aromatic heterocycles. The van der Waals surface area contributed by atoms with Crippen LogP contribution in [0.15, 0.2) is 66.7 Å². The Morgan fingerprint density at radius 2 is 1.56 bits per heavy atom. The molecule has 0 aliphatic carbocycles. The van der Waals surface area contributed by atoms with Gasteiger partial charge in [0.2, 0.25) is 0 Å². The first kappa shape index (κ1) is 39.6. The lowest BCUT2D eigenvalue weighted by molar-refractivity contribution is -0.157. The smallest absolute Gasteiger partial charge is 0.413 e. The van der Waals surface area contributed by atoms with Crippen LogP contribution in [0.25, 0.3) is 0 Å². The second-order valence-electron chi connectivity index (χ2n) is 14.4. The Hall–Kier alpha value is -5.14. The van der Waals surface area contributed by atoms with E-state index in [4.69, 9.17) is 29.1 Å². The van der Waals surface area contributed by atoms with Crippen LogP contribution in [-0.2, 0) is 25.5 Å². The maximum Gasteiger partial charge on any atom is 0.413 e. The summed E-state index contributed by atoms with van der Waals surface area (Å²) >= 11 is 0. The van der Waals surface area contributed by atoms with E-state index in [1.165, 1.54) is 0 Å². The van der Waals surface area contributed by atoms with Gasteiger partial charge in [-0.15, -0.1) is 0 Å². The molecule has 4 rings (SSSR count). The van der Waals surface area contributed by atoms with Crippen molar-refractivity contribution in [2.24, 2.45) is 0 Å². The van der Waals surface area contributed by atoms with Crippen molar-refractivity contribution >= 4 is 35.2 Å². The second kappa shape index (κ2) is 17.9. The maximum atomic E-state index is 13.5. The van der Waals surface area contributed by atoms with E-state index in [-0.39, 0.29) is 31.0 Å². The molecular weight excluding hydrogens is 666 g/mol. The normalized spacial score (nSPS) is 14.1. The van der Waals surface area contributed by atoms with Gasteiger partial charge in [0.25, 0.3) is 5.91 Å². The SMILES string of the molecule is CC(CN1CCOCC1)Oc1cccc(CNc2ccccc2C(=O)Nc2ccc(C(=N)NC(=O)OC(C)(C)C)cc2)c1OCC(=O)OC(C)(C)C. The van der Waals surface area contributed by atoms with Crippen LogP contribution in [0.2, 0.25) is 0 Å². The predicted octanol–water partition coefficient (Wildman–Crippen LogP) is 6.22. The van der Waals surface area contributed by atoms with Crippen LogP contribution in [0.3, 0.4) is 0 Å². The summed E-state index contributed by atoms with van der Waals surface area (Å²) in [5, 5.41) is 16.9. The molecule has 1 saturated heterocycles. The zero-order valence-corrected chi connectivity index (χ0v) is 31.1. The van der Waals surface area contributed by atoms with E-state index in [0.29, 0.717) is 59.3 Å². The average Bonchev–Trinajstić information content (AvgIpc) is 3.06. The molecule has 0 saturated carbocycles. The van der Waals surface area contributed by atoms with Gasteiger partial charge in [-0.1, -0.05) is 24.3 Å². The molecule has 4 N–H and O–H groups in total. The zero-order chi connectivity index (χ0) is 37.9. The van der Waals surface area contributed by atoms with Gasteiger partial charge in [0.15, 0.2) is 18.1 Å². The third-order valence-electron chi connectivity index (χ3n) is 7.46. The third-order valence-corrected chi connectivity index (χ3v) is 7.46. The number of nitrogens with zero attached hydrogens (tertiary/aromatic N) is 1. The molecular formula is C39H51N5O8. The number of amides is 2. The summed E-state index contributed by atoms with van der Waals surface area (Å²) < 4.78 is 28.6. The van der Waals surface area contributed by atoms with Crippen molar-refractivity contribution in [3.8, 4) is 11.5 Å². The van der Waals surface area contributed by atoms with E-state index in [2.05, 4.69) is 20.9 Å². The largest absolute Gasteiger partial charge is 0.485 e. The molecule has 280 valence electrons. The lowest BCUT2D eigenvalue weighted by Gasteiger charge is -2.29. The first-order chi connectivity index (χ1) is 24.6. The molecule has 3 aromatic carbocycles. The van der Waals surface area contributed by atoms with Crippen molar-refractivity contribution in [3.63, 3.8) is 0 Å². The summed E-state index contributed by atoms with van der Waals surface area (Å²) in [6.07, 6.45) is -0.895. The maximum absolute atomic E-state index is 13.5. The van der Waals surface area contributed by atoms with Crippen LogP contribution in [0.1, 0.15) is 70.0 Å². The van der Waals surface area contributed by atoms with E-state index >= 15 is 0 Å². The molecule has 2 amide bonds. The third kappa shape index (κ3) is 12.9. The van der Waals surface area contributed by atoms with Gasteiger partial charge in [0, 0.05) is 48.7 Å². The number of hydrogen-bond donors (Lipinski definition) is 4. The number of alkyl carbamates (subject to hydrolysis) is 1. The number of carbonyl (C=O) groups is 3. The minimum absolute atomic E-state index is 0.128. The van der Waals surface area contributed by atoms with Crippen LogP contribution >= 0.6 is 0 Å². The molecule has 3 aromatic rings. The van der Waals surface area contributed by atoms with E-state index < -0.39 is 23.3 Å². The Morgan fingerprint density at radius 3 is 2.23 bits per heavy atom. The van der Waals surface area contributed by atoms with Crippen molar-refractivity contribution in [3.05, 3.63) is 83.4 Å². The second-order valence-corrected chi connectivity index (χ2v) is 14.4. The van der Waals surface area contributed by atoms with Gasteiger partial charge in [0.1, 0.15) is 23.1 Å². The number of carbonyl (C=O) groups excluding carboxylic acids is 3. The lowest BCUT2D eigenvalue weighted by atomic mass is 10.1. The zero-order valence-electron chi connectivity index (χ0n) is 31.1. The van der Waals surface area contributed by atoms with E-state index in [1.807, 2.05) is 31.2 Å². The fraction of sp³-hybridized carbons (Fsp3) is 0.436. The predicted molar refractivity (Wildman–Crippen MR) is 199 cm³/mol. The molecule has 1 fully saturated rings. The van der Waals surface area contributed by atoms with Crippen molar-refractivity contribution in [2.75, 3.05) is 50.1 Å². The Labute approximate surface area is 305 Å². The summed E-state index contributed by atoms with van der Waals surface area (Å²) in [7, 11) is 0. The van der Waals surface area contributed by atoms with Gasteiger partial charge in [0.05, 0.1) is 18.8 Å². The van der Waals surface area contributed by atoms with E-state index in [9.17, 15) is 14.4 Å². The Morgan fingerprint density at radius 1 is 0.885 bits per heavy atom. The van der Waals surface area contributed by atoms with Crippen molar-refractivity contribution in [1.82, 2.24) is 10.2 Å². The molecule has 1 atom stereocenters. The number of rotatable bonds is 13. The van der Waals surface area contributed by atoms with Gasteiger partial charge in [-0.05, 0) is 90.9 Å². The molecule has 1 aliphatic rings.